The van der Waals surface area contributed by atoms with Gasteiger partial charge in [-0.1, -0.05) is 6.07 Å². The fourth-order valence-electron chi connectivity index (χ4n) is 2.95. The highest BCUT2D eigenvalue weighted by molar-refractivity contribution is 5.84. The van der Waals surface area contributed by atoms with E-state index in [9.17, 15) is 0 Å². The van der Waals surface area contributed by atoms with Crippen LogP contribution in [0.4, 0.5) is 0 Å². The first-order chi connectivity index (χ1) is 8.03. The quantitative estimate of drug-likeness (QED) is 0.842. The zero-order valence-corrected chi connectivity index (χ0v) is 10.7. The summed E-state index contributed by atoms with van der Waals surface area (Å²) in [6.45, 7) is 5.35. The zero-order valence-electron chi connectivity index (χ0n) is 10.7. The van der Waals surface area contributed by atoms with Crippen LogP contribution in [-0.4, -0.2) is 10.1 Å². The average Bonchev–Trinajstić information content (AvgIpc) is 2.61. The molecule has 1 aromatic heterocycles. The maximum atomic E-state index is 6.12. The Morgan fingerprint density at radius 1 is 1.35 bits per heavy atom. The minimum Gasteiger partial charge on any atom is -0.347 e. The van der Waals surface area contributed by atoms with Gasteiger partial charge in [-0.3, -0.25) is 0 Å². The van der Waals surface area contributed by atoms with Gasteiger partial charge in [-0.2, -0.15) is 0 Å². The van der Waals surface area contributed by atoms with Gasteiger partial charge in [0.2, 0.25) is 0 Å². The number of benzene rings is 1. The van der Waals surface area contributed by atoms with E-state index < -0.39 is 0 Å². The summed E-state index contributed by atoms with van der Waals surface area (Å²) < 4.78 is 2.38. The van der Waals surface area contributed by atoms with E-state index in [1.54, 1.807) is 0 Å². The molecule has 17 heavy (non-hydrogen) atoms. The van der Waals surface area contributed by atoms with E-state index in [0.29, 0.717) is 0 Å². The molecule has 0 radical (unpaired) electrons. The number of nitrogens with two attached hydrogens (primary N) is 1. The second-order valence-electron chi connectivity index (χ2n) is 5.97. The maximum absolute atomic E-state index is 6.12. The largest absolute Gasteiger partial charge is 0.347 e. The molecule has 0 spiro atoms. The molecule has 0 atom stereocenters. The highest BCUT2D eigenvalue weighted by Crippen LogP contribution is 2.28. The lowest BCUT2D eigenvalue weighted by Crippen LogP contribution is -2.34. The molecule has 1 aliphatic heterocycles. The molecule has 90 valence electrons. The fourth-order valence-corrected chi connectivity index (χ4v) is 2.95. The van der Waals surface area contributed by atoms with Crippen molar-refractivity contribution >= 4 is 10.9 Å². The first-order valence-electron chi connectivity index (χ1n) is 6.42. The summed E-state index contributed by atoms with van der Waals surface area (Å²) in [4.78, 5) is 0. The lowest BCUT2D eigenvalue weighted by molar-refractivity contribution is 0.516. The third-order valence-electron chi connectivity index (χ3n) is 3.50. The number of rotatable bonds is 2. The van der Waals surface area contributed by atoms with Crippen molar-refractivity contribution in [2.75, 3.05) is 0 Å². The predicted molar refractivity (Wildman–Crippen MR) is 72.2 cm³/mol. The average molecular weight is 228 g/mol. The van der Waals surface area contributed by atoms with Crippen LogP contribution >= 0.6 is 0 Å². The van der Waals surface area contributed by atoms with Gasteiger partial charge in [0.05, 0.1) is 5.52 Å². The van der Waals surface area contributed by atoms with Gasteiger partial charge in [0.25, 0.3) is 0 Å². The Balaban J connectivity index is 2.11. The minimum atomic E-state index is -0.127. The van der Waals surface area contributed by atoms with Crippen molar-refractivity contribution < 1.29 is 0 Å². The molecule has 0 aliphatic carbocycles. The molecule has 1 aromatic carbocycles. The molecule has 0 saturated heterocycles. The Hall–Kier alpha value is -1.28. The summed E-state index contributed by atoms with van der Waals surface area (Å²) >= 11 is 0. The topological polar surface area (TPSA) is 30.9 Å². The van der Waals surface area contributed by atoms with Crippen molar-refractivity contribution in [3.63, 3.8) is 0 Å². The summed E-state index contributed by atoms with van der Waals surface area (Å²) in [7, 11) is 0. The third-order valence-corrected chi connectivity index (χ3v) is 3.50. The number of hydrogen-bond donors (Lipinski definition) is 1. The second-order valence-corrected chi connectivity index (χ2v) is 5.97. The Kier molecular flexibility index (Phi) is 2.30. The van der Waals surface area contributed by atoms with E-state index in [-0.39, 0.29) is 5.54 Å². The summed E-state index contributed by atoms with van der Waals surface area (Å²) in [5.74, 6) is 0. The van der Waals surface area contributed by atoms with Gasteiger partial charge >= 0.3 is 0 Å². The molecule has 2 N–H and O–H groups in total. The van der Waals surface area contributed by atoms with E-state index in [1.165, 1.54) is 34.9 Å². The number of aromatic nitrogens is 1. The SMILES string of the molecule is CC(C)(N)Cc1cc2c3c(ccn3CCC2)c1. The number of aryl methyl sites for hydroxylation is 2. The molecule has 0 fully saturated rings. The number of nitrogens with zero attached hydrogens (tertiary/aromatic N) is 1. The van der Waals surface area contributed by atoms with Gasteiger partial charge in [-0.05, 0) is 56.4 Å². The van der Waals surface area contributed by atoms with Crippen LogP contribution in [0.15, 0.2) is 24.4 Å². The first kappa shape index (κ1) is 10.8. The Morgan fingerprint density at radius 2 is 2.18 bits per heavy atom. The Bertz CT molecular complexity index is 558. The van der Waals surface area contributed by atoms with E-state index in [2.05, 4.69) is 42.8 Å². The molecule has 2 heterocycles. The van der Waals surface area contributed by atoms with Crippen LogP contribution in [0.25, 0.3) is 10.9 Å². The summed E-state index contributed by atoms with van der Waals surface area (Å²) in [6, 6.07) is 6.89. The molecular formula is C15H20N2. The van der Waals surface area contributed by atoms with Crippen LogP contribution in [0, 0.1) is 0 Å². The second kappa shape index (κ2) is 3.61. The van der Waals surface area contributed by atoms with E-state index >= 15 is 0 Å². The van der Waals surface area contributed by atoms with Crippen molar-refractivity contribution in [1.82, 2.24) is 4.57 Å². The molecule has 0 saturated carbocycles. The minimum absolute atomic E-state index is 0.127. The lowest BCUT2D eigenvalue weighted by atomic mass is 9.92. The Labute approximate surface area is 102 Å². The van der Waals surface area contributed by atoms with Gasteiger partial charge in [-0.15, -0.1) is 0 Å². The van der Waals surface area contributed by atoms with Gasteiger partial charge in [0.15, 0.2) is 0 Å². The third kappa shape index (κ3) is 1.98. The number of hydrogen-bond acceptors (Lipinski definition) is 1. The molecule has 2 aromatic rings. The monoisotopic (exact) mass is 228 g/mol. The Morgan fingerprint density at radius 3 is 2.94 bits per heavy atom. The van der Waals surface area contributed by atoms with E-state index in [4.69, 9.17) is 5.73 Å². The van der Waals surface area contributed by atoms with Gasteiger partial charge < -0.3 is 10.3 Å². The van der Waals surface area contributed by atoms with Crippen molar-refractivity contribution in [3.8, 4) is 0 Å². The van der Waals surface area contributed by atoms with Crippen molar-refractivity contribution in [1.29, 1.82) is 0 Å². The smallest absolute Gasteiger partial charge is 0.0513 e. The molecule has 1 aliphatic rings. The van der Waals surface area contributed by atoms with Crippen molar-refractivity contribution in [2.24, 2.45) is 5.73 Å². The van der Waals surface area contributed by atoms with Crippen LogP contribution < -0.4 is 5.73 Å². The molecule has 2 nitrogen and oxygen atoms in total. The molecule has 0 bridgehead atoms. The summed E-state index contributed by atoms with van der Waals surface area (Å²) in [5.41, 5.74) is 10.3. The first-order valence-corrected chi connectivity index (χ1v) is 6.42. The highest BCUT2D eigenvalue weighted by atomic mass is 15.0. The zero-order chi connectivity index (χ0) is 12.0. The molecule has 2 heteroatoms. The summed E-state index contributed by atoms with van der Waals surface area (Å²) in [6.07, 6.45) is 5.62. The standard InChI is InChI=1S/C15H20N2/c1-15(2,16)10-11-8-12-4-3-6-17-7-5-13(9-11)14(12)17/h5,7-9H,3-4,6,10,16H2,1-2H3. The molecular weight excluding hydrogens is 208 g/mol. The van der Waals surface area contributed by atoms with E-state index in [1.807, 2.05) is 0 Å². The normalized spacial score (nSPS) is 15.5. The van der Waals surface area contributed by atoms with Crippen LogP contribution in [-0.2, 0) is 19.4 Å². The summed E-state index contributed by atoms with van der Waals surface area (Å²) in [5, 5.41) is 1.38. The maximum Gasteiger partial charge on any atom is 0.0513 e. The van der Waals surface area contributed by atoms with E-state index in [0.717, 1.165) is 13.0 Å². The van der Waals surface area contributed by atoms with Gasteiger partial charge in [0, 0.05) is 23.7 Å². The van der Waals surface area contributed by atoms with Gasteiger partial charge in [-0.25, -0.2) is 0 Å². The van der Waals surface area contributed by atoms with Crippen molar-refractivity contribution in [2.45, 2.75) is 45.2 Å². The van der Waals surface area contributed by atoms with Crippen LogP contribution in [0.5, 0.6) is 0 Å². The molecule has 3 rings (SSSR count). The predicted octanol–water partition coefficient (Wildman–Crippen LogP) is 2.87. The van der Waals surface area contributed by atoms with Crippen LogP contribution in [0.2, 0.25) is 0 Å². The molecule has 0 amide bonds. The fraction of sp³-hybridized carbons (Fsp3) is 0.467. The van der Waals surface area contributed by atoms with Crippen molar-refractivity contribution in [3.05, 3.63) is 35.5 Å². The molecule has 0 unspecified atom stereocenters. The lowest BCUT2D eigenvalue weighted by Gasteiger charge is -2.21. The van der Waals surface area contributed by atoms with Crippen LogP contribution in [0.3, 0.4) is 0 Å². The van der Waals surface area contributed by atoms with Gasteiger partial charge in [0.1, 0.15) is 0 Å². The van der Waals surface area contributed by atoms with Crippen LogP contribution in [0.1, 0.15) is 31.4 Å². The highest BCUT2D eigenvalue weighted by Gasteiger charge is 2.16.